The number of pyridine rings is 1. The number of benzene rings is 1. The van der Waals surface area contributed by atoms with Crippen LogP contribution in [0.3, 0.4) is 0 Å². The number of nitrogens with one attached hydrogen (secondary N) is 1. The molecule has 0 bridgehead atoms. The summed E-state index contributed by atoms with van der Waals surface area (Å²) in [4.78, 5) is 16.1. The number of aromatic nitrogens is 1. The molecule has 0 radical (unpaired) electrons. The van der Waals surface area contributed by atoms with E-state index in [0.29, 0.717) is 26.2 Å². The Morgan fingerprint density at radius 2 is 2.04 bits per heavy atom. The van der Waals surface area contributed by atoms with Crippen LogP contribution < -0.4 is 11.1 Å². The molecule has 132 valence electrons. The monoisotopic (exact) mass is 371 g/mol. The predicted molar refractivity (Wildman–Crippen MR) is 99.9 cm³/mol. The zero-order chi connectivity index (χ0) is 15.4. The van der Waals surface area contributed by atoms with Crippen molar-refractivity contribution in [3.05, 3.63) is 42.1 Å². The van der Waals surface area contributed by atoms with Crippen molar-refractivity contribution in [2.75, 3.05) is 19.8 Å². The number of amides is 1. The zero-order valence-corrected chi connectivity index (χ0v) is 14.9. The minimum atomic E-state index is 0. The van der Waals surface area contributed by atoms with Crippen molar-refractivity contribution in [1.82, 2.24) is 10.3 Å². The predicted octanol–water partition coefficient (Wildman–Crippen LogP) is 2.10. The number of fused-ring (bicyclic) bond motifs is 1. The molecular weight excluding hydrogens is 349 g/mol. The minimum Gasteiger partial charge on any atom is -0.379 e. The van der Waals surface area contributed by atoms with Crippen LogP contribution in [0.5, 0.6) is 0 Å². The summed E-state index contributed by atoms with van der Waals surface area (Å²) in [6, 6.07) is 10.2. The van der Waals surface area contributed by atoms with Crippen LogP contribution in [-0.2, 0) is 16.0 Å². The van der Waals surface area contributed by atoms with Gasteiger partial charge in [0.1, 0.15) is 0 Å². The maximum Gasteiger partial charge on any atom is 0.221 e. The van der Waals surface area contributed by atoms with Gasteiger partial charge in [0.15, 0.2) is 0 Å². The van der Waals surface area contributed by atoms with Crippen LogP contribution in [0.1, 0.15) is 12.0 Å². The van der Waals surface area contributed by atoms with Crippen molar-refractivity contribution < 1.29 is 9.53 Å². The number of carbonyl (C=O) groups is 1. The summed E-state index contributed by atoms with van der Waals surface area (Å²) in [5.41, 5.74) is 7.68. The van der Waals surface area contributed by atoms with Crippen LogP contribution >= 0.6 is 24.8 Å². The zero-order valence-electron chi connectivity index (χ0n) is 13.3. The Labute approximate surface area is 154 Å². The highest BCUT2D eigenvalue weighted by molar-refractivity contribution is 5.85. The Morgan fingerprint density at radius 1 is 1.25 bits per heavy atom. The van der Waals surface area contributed by atoms with Crippen molar-refractivity contribution >= 4 is 41.6 Å². The molecule has 1 aliphatic heterocycles. The van der Waals surface area contributed by atoms with E-state index in [1.807, 2.05) is 24.4 Å². The second kappa shape index (κ2) is 9.79. The minimum absolute atomic E-state index is 0. The lowest BCUT2D eigenvalue weighted by Gasteiger charge is -2.19. The average Bonchev–Trinajstić information content (AvgIpc) is 2.95. The number of ether oxygens (including phenoxy) is 1. The molecule has 1 aromatic carbocycles. The summed E-state index contributed by atoms with van der Waals surface area (Å²) >= 11 is 0. The van der Waals surface area contributed by atoms with Crippen LogP contribution in [0.15, 0.2) is 36.5 Å². The average molecular weight is 372 g/mol. The van der Waals surface area contributed by atoms with Gasteiger partial charge in [-0.2, -0.15) is 0 Å². The summed E-state index contributed by atoms with van der Waals surface area (Å²) in [6.07, 6.45) is 3.08. The Kier molecular flexibility index (Phi) is 8.42. The van der Waals surface area contributed by atoms with Crippen molar-refractivity contribution in [3.63, 3.8) is 0 Å². The molecule has 0 unspecified atom stereocenters. The lowest BCUT2D eigenvalue weighted by atomic mass is 9.93. The summed E-state index contributed by atoms with van der Waals surface area (Å²) in [5, 5.41) is 4.21. The number of nitrogens with zero attached hydrogens (tertiary/aromatic N) is 1. The molecule has 1 saturated heterocycles. The molecule has 1 fully saturated rings. The maximum atomic E-state index is 11.8. The quantitative estimate of drug-likeness (QED) is 0.843. The molecule has 7 heteroatoms. The summed E-state index contributed by atoms with van der Waals surface area (Å²) in [6.45, 7) is 1.62. The van der Waals surface area contributed by atoms with E-state index in [9.17, 15) is 4.79 Å². The molecule has 3 N–H and O–H groups in total. The van der Waals surface area contributed by atoms with Crippen LogP contribution in [0.2, 0.25) is 0 Å². The fraction of sp³-hybridized carbons (Fsp3) is 0.412. The second-order valence-corrected chi connectivity index (χ2v) is 5.70. The number of hydrogen-bond donors (Lipinski definition) is 2. The topological polar surface area (TPSA) is 77.2 Å². The van der Waals surface area contributed by atoms with E-state index >= 15 is 0 Å². The number of halogens is 2. The van der Waals surface area contributed by atoms with Crippen LogP contribution in [0, 0.1) is 5.92 Å². The maximum absolute atomic E-state index is 11.8. The lowest BCUT2D eigenvalue weighted by molar-refractivity contribution is -0.121. The molecule has 5 nitrogen and oxygen atoms in total. The highest BCUT2D eigenvalue weighted by atomic mass is 35.5. The van der Waals surface area contributed by atoms with E-state index in [1.165, 1.54) is 10.9 Å². The molecule has 0 spiro atoms. The van der Waals surface area contributed by atoms with Gasteiger partial charge in [0, 0.05) is 30.5 Å². The van der Waals surface area contributed by atoms with Gasteiger partial charge < -0.3 is 15.8 Å². The molecule has 1 aromatic heterocycles. The second-order valence-electron chi connectivity index (χ2n) is 5.70. The molecule has 3 rings (SSSR count). The first-order chi connectivity index (χ1) is 10.8. The van der Waals surface area contributed by atoms with Crippen LogP contribution in [-0.4, -0.2) is 36.7 Å². The van der Waals surface area contributed by atoms with E-state index in [1.54, 1.807) is 0 Å². The van der Waals surface area contributed by atoms with Crippen molar-refractivity contribution in [1.29, 1.82) is 0 Å². The standard InChI is InChI=1S/C17H21N3O2.2ClH/c18-7-5-17(21)20-16-11-22-10-13(16)9-12-6-8-19-15-4-2-1-3-14(12)15;;/h1-4,6,8,13,16H,5,7,9-11,18H2,(H,20,21);2*1H/t13-,16-;;/m1../s1. The Morgan fingerprint density at radius 3 is 2.83 bits per heavy atom. The van der Waals surface area contributed by atoms with Gasteiger partial charge >= 0.3 is 0 Å². The van der Waals surface area contributed by atoms with Gasteiger partial charge in [-0.05, 0) is 24.1 Å². The van der Waals surface area contributed by atoms with Crippen molar-refractivity contribution in [2.45, 2.75) is 18.9 Å². The van der Waals surface area contributed by atoms with Gasteiger partial charge in [-0.3, -0.25) is 9.78 Å². The smallest absolute Gasteiger partial charge is 0.221 e. The molecule has 1 aliphatic rings. The molecule has 0 saturated carbocycles. The van der Waals surface area contributed by atoms with E-state index < -0.39 is 0 Å². The molecule has 2 aromatic rings. The Bertz CT molecular complexity index is 664. The number of hydrogen-bond acceptors (Lipinski definition) is 4. The Hall–Kier alpha value is -1.40. The number of nitrogens with two attached hydrogens (primary N) is 1. The normalized spacial score (nSPS) is 19.4. The van der Waals surface area contributed by atoms with E-state index in [0.717, 1.165) is 11.9 Å². The largest absolute Gasteiger partial charge is 0.379 e. The third-order valence-electron chi connectivity index (χ3n) is 4.14. The van der Waals surface area contributed by atoms with Crippen LogP contribution in [0.25, 0.3) is 10.9 Å². The van der Waals surface area contributed by atoms with E-state index in [-0.39, 0.29) is 42.7 Å². The summed E-state index contributed by atoms with van der Waals surface area (Å²) in [5.74, 6) is 0.287. The lowest BCUT2D eigenvalue weighted by Crippen LogP contribution is -2.41. The highest BCUT2D eigenvalue weighted by Crippen LogP contribution is 2.24. The highest BCUT2D eigenvalue weighted by Gasteiger charge is 2.29. The summed E-state index contributed by atoms with van der Waals surface area (Å²) in [7, 11) is 0. The Balaban J connectivity index is 0.00000144. The molecule has 2 atom stereocenters. The third kappa shape index (κ3) is 4.80. The van der Waals surface area contributed by atoms with Gasteiger partial charge in [-0.1, -0.05) is 18.2 Å². The number of para-hydroxylation sites is 1. The molecule has 24 heavy (non-hydrogen) atoms. The number of carbonyl (C=O) groups excluding carboxylic acids is 1. The SMILES string of the molecule is Cl.Cl.NCCC(=O)N[C@@H]1COC[C@H]1Cc1ccnc2ccccc12. The van der Waals surface area contributed by atoms with Gasteiger partial charge in [-0.15, -0.1) is 24.8 Å². The van der Waals surface area contributed by atoms with E-state index in [2.05, 4.69) is 22.4 Å². The van der Waals surface area contributed by atoms with Gasteiger partial charge in [0.05, 0.1) is 24.8 Å². The fourth-order valence-electron chi connectivity index (χ4n) is 2.98. The molecule has 2 heterocycles. The third-order valence-corrected chi connectivity index (χ3v) is 4.14. The summed E-state index contributed by atoms with van der Waals surface area (Å²) < 4.78 is 5.57. The first kappa shape index (κ1) is 20.6. The first-order valence-electron chi connectivity index (χ1n) is 7.67. The molecule has 1 amide bonds. The first-order valence-corrected chi connectivity index (χ1v) is 7.67. The molecule has 0 aliphatic carbocycles. The van der Waals surface area contributed by atoms with Gasteiger partial charge in [0.25, 0.3) is 0 Å². The fourth-order valence-corrected chi connectivity index (χ4v) is 2.98. The molecular formula is C17H23Cl2N3O2. The van der Waals surface area contributed by atoms with E-state index in [4.69, 9.17) is 10.5 Å². The van der Waals surface area contributed by atoms with Crippen LogP contribution in [0.4, 0.5) is 0 Å². The van der Waals surface area contributed by atoms with Crippen molar-refractivity contribution in [3.8, 4) is 0 Å². The van der Waals surface area contributed by atoms with Gasteiger partial charge in [0.2, 0.25) is 5.91 Å². The van der Waals surface area contributed by atoms with Gasteiger partial charge in [-0.25, -0.2) is 0 Å². The van der Waals surface area contributed by atoms with Crippen molar-refractivity contribution in [2.24, 2.45) is 11.7 Å². The number of rotatable bonds is 5.